The van der Waals surface area contributed by atoms with E-state index in [0.717, 1.165) is 39.7 Å². The molecule has 1 N–H and O–H groups in total. The van der Waals surface area contributed by atoms with Crippen LogP contribution in [0.25, 0.3) is 22.2 Å². The lowest BCUT2D eigenvalue weighted by atomic mass is 9.93. The van der Waals surface area contributed by atoms with Crippen LogP contribution in [-0.4, -0.2) is 70.6 Å². The van der Waals surface area contributed by atoms with E-state index in [1.165, 1.54) is 5.56 Å². The molecule has 4 aromatic rings. The summed E-state index contributed by atoms with van der Waals surface area (Å²) >= 11 is 0. The minimum absolute atomic E-state index is 0.00994. The molecule has 0 unspecified atom stereocenters. The molecule has 1 saturated heterocycles. The molecule has 7 heteroatoms. The number of carbonyl (C=O) groups excluding carboxylic acids is 3. The van der Waals surface area contributed by atoms with Crippen LogP contribution in [-0.2, 0) is 9.59 Å². The number of amides is 3. The number of nitrogens with one attached hydrogen (secondary N) is 1. The lowest BCUT2D eigenvalue weighted by Crippen LogP contribution is -2.48. The number of nitrogens with zero attached hydrogens (tertiary/aromatic N) is 3. The Kier molecular flexibility index (Phi) is 6.19. The van der Waals surface area contributed by atoms with E-state index in [9.17, 15) is 14.4 Å². The predicted octanol–water partition coefficient (Wildman–Crippen LogP) is 4.38. The fourth-order valence-corrected chi connectivity index (χ4v) is 5.76. The first kappa shape index (κ1) is 24.0. The largest absolute Gasteiger partial charge is 0.354 e. The molecule has 2 aliphatic heterocycles. The third-order valence-electron chi connectivity index (χ3n) is 7.80. The fraction of sp³-hybridized carbons (Fsp3) is 0.258. The highest BCUT2D eigenvalue weighted by Gasteiger charge is 2.40. The number of rotatable bonds is 6. The Balaban J connectivity index is 1.39. The van der Waals surface area contributed by atoms with Crippen LogP contribution in [0, 0.1) is 6.92 Å². The van der Waals surface area contributed by atoms with Crippen molar-refractivity contribution in [3.63, 3.8) is 0 Å². The lowest BCUT2D eigenvalue weighted by molar-refractivity contribution is -0.135. The highest BCUT2D eigenvalue weighted by Crippen LogP contribution is 2.45. The van der Waals surface area contributed by atoms with E-state index in [4.69, 9.17) is 0 Å². The summed E-state index contributed by atoms with van der Waals surface area (Å²) in [6, 6.07) is 24.1. The van der Waals surface area contributed by atoms with Gasteiger partial charge in [0.05, 0.1) is 11.7 Å². The van der Waals surface area contributed by atoms with Gasteiger partial charge in [-0.1, -0.05) is 66.2 Å². The number of benzene rings is 3. The van der Waals surface area contributed by atoms with Gasteiger partial charge < -0.3 is 19.7 Å². The maximum atomic E-state index is 13.7. The standard InChI is InChI=1S/C31H30N4O3/c1-21-10-12-22(13-11-21)29-28(25-8-4-5-9-26(25)32-29)30-23-6-2-3-7-24(23)31(38)35(30)15-14-27(37)34-18-16-33(20-36)17-19-34/h2-13,20,30,32H,14-19H2,1H3/t30-/m1/s1. The molecule has 3 amide bonds. The summed E-state index contributed by atoms with van der Waals surface area (Å²) in [4.78, 5) is 46.9. The summed E-state index contributed by atoms with van der Waals surface area (Å²) < 4.78 is 0. The Morgan fingerprint density at radius 3 is 2.42 bits per heavy atom. The average Bonchev–Trinajstić information content (AvgIpc) is 3.47. The van der Waals surface area contributed by atoms with Crippen LogP contribution in [0.1, 0.15) is 39.5 Å². The molecule has 0 spiro atoms. The Bertz CT molecular complexity index is 1520. The van der Waals surface area contributed by atoms with Crippen molar-refractivity contribution in [1.29, 1.82) is 0 Å². The number of para-hydroxylation sites is 1. The molecule has 0 saturated carbocycles. The summed E-state index contributed by atoms with van der Waals surface area (Å²) in [6.07, 6.45) is 1.07. The number of piperazine rings is 1. The minimum atomic E-state index is -0.314. The number of hydrogen-bond acceptors (Lipinski definition) is 3. The van der Waals surface area contributed by atoms with Gasteiger partial charge in [0.1, 0.15) is 0 Å². The molecule has 1 fully saturated rings. The molecule has 0 aliphatic carbocycles. The van der Waals surface area contributed by atoms with Crippen molar-refractivity contribution in [2.45, 2.75) is 19.4 Å². The summed E-state index contributed by atoms with van der Waals surface area (Å²) in [7, 11) is 0. The predicted molar refractivity (Wildman–Crippen MR) is 147 cm³/mol. The SMILES string of the molecule is Cc1ccc(-c2[nH]c3ccccc3c2[C@H]2c3ccccc3C(=O)N2CCC(=O)N2CCN(C=O)CC2)cc1. The monoisotopic (exact) mass is 506 g/mol. The van der Waals surface area contributed by atoms with E-state index in [2.05, 4.69) is 48.3 Å². The number of aromatic amines is 1. The van der Waals surface area contributed by atoms with Gasteiger partial charge in [0.2, 0.25) is 12.3 Å². The Hall–Kier alpha value is -4.39. The van der Waals surface area contributed by atoms with Gasteiger partial charge >= 0.3 is 0 Å². The quantitative estimate of drug-likeness (QED) is 0.395. The van der Waals surface area contributed by atoms with Crippen LogP contribution in [0.5, 0.6) is 0 Å². The second-order valence-corrected chi connectivity index (χ2v) is 10.1. The summed E-state index contributed by atoms with van der Waals surface area (Å²) in [5.41, 5.74) is 6.94. The second-order valence-electron chi connectivity index (χ2n) is 10.1. The third kappa shape index (κ3) is 4.14. The van der Waals surface area contributed by atoms with E-state index < -0.39 is 0 Å². The number of fused-ring (bicyclic) bond motifs is 2. The van der Waals surface area contributed by atoms with Gasteiger partial charge in [-0.3, -0.25) is 14.4 Å². The first-order chi connectivity index (χ1) is 18.5. The average molecular weight is 507 g/mol. The van der Waals surface area contributed by atoms with Crippen molar-refractivity contribution in [1.82, 2.24) is 19.7 Å². The smallest absolute Gasteiger partial charge is 0.255 e. The first-order valence-electron chi connectivity index (χ1n) is 13.1. The van der Waals surface area contributed by atoms with Crippen LogP contribution in [0.3, 0.4) is 0 Å². The fourth-order valence-electron chi connectivity index (χ4n) is 5.76. The highest BCUT2D eigenvalue weighted by molar-refractivity contribution is 6.02. The van der Waals surface area contributed by atoms with E-state index in [1.807, 2.05) is 41.3 Å². The molecule has 38 heavy (non-hydrogen) atoms. The molecular weight excluding hydrogens is 476 g/mol. The normalized spacial score (nSPS) is 17.2. The van der Waals surface area contributed by atoms with Crippen molar-refractivity contribution < 1.29 is 14.4 Å². The summed E-state index contributed by atoms with van der Waals surface area (Å²) in [5, 5.41) is 1.07. The van der Waals surface area contributed by atoms with Gasteiger partial charge in [-0.05, 0) is 30.2 Å². The molecule has 3 heterocycles. The third-order valence-corrected chi connectivity index (χ3v) is 7.80. The molecule has 192 valence electrons. The lowest BCUT2D eigenvalue weighted by Gasteiger charge is -2.33. The topological polar surface area (TPSA) is 76.7 Å². The van der Waals surface area contributed by atoms with Crippen molar-refractivity contribution in [2.75, 3.05) is 32.7 Å². The van der Waals surface area contributed by atoms with Gasteiger partial charge in [-0.2, -0.15) is 0 Å². The van der Waals surface area contributed by atoms with E-state index in [1.54, 1.807) is 9.80 Å². The van der Waals surface area contributed by atoms with Crippen LogP contribution in [0.4, 0.5) is 0 Å². The zero-order chi connectivity index (χ0) is 26.2. The van der Waals surface area contributed by atoms with Gasteiger partial charge in [-0.25, -0.2) is 0 Å². The molecule has 0 bridgehead atoms. The minimum Gasteiger partial charge on any atom is -0.354 e. The van der Waals surface area contributed by atoms with E-state index in [0.29, 0.717) is 38.3 Å². The second kappa shape index (κ2) is 9.82. The van der Waals surface area contributed by atoms with E-state index >= 15 is 0 Å². The highest BCUT2D eigenvalue weighted by atomic mass is 16.2. The zero-order valence-electron chi connectivity index (χ0n) is 21.4. The van der Waals surface area contributed by atoms with Gasteiger partial charge in [0.25, 0.3) is 5.91 Å². The maximum absolute atomic E-state index is 13.7. The van der Waals surface area contributed by atoms with Crippen LogP contribution < -0.4 is 0 Å². The molecule has 3 aromatic carbocycles. The number of carbonyl (C=O) groups is 3. The first-order valence-corrected chi connectivity index (χ1v) is 13.1. The molecule has 0 radical (unpaired) electrons. The van der Waals surface area contributed by atoms with Gasteiger partial charge in [0.15, 0.2) is 0 Å². The zero-order valence-corrected chi connectivity index (χ0v) is 21.4. The number of aromatic nitrogens is 1. The molecule has 6 rings (SSSR count). The molecule has 1 atom stereocenters. The van der Waals surface area contributed by atoms with Gasteiger partial charge in [-0.15, -0.1) is 0 Å². The van der Waals surface area contributed by atoms with Crippen LogP contribution >= 0.6 is 0 Å². The molecule has 1 aromatic heterocycles. The number of hydrogen-bond donors (Lipinski definition) is 1. The van der Waals surface area contributed by atoms with Crippen molar-refractivity contribution in [2.24, 2.45) is 0 Å². The molecule has 2 aliphatic rings. The molecular formula is C31H30N4O3. The Morgan fingerprint density at radius 1 is 0.947 bits per heavy atom. The number of H-pyrrole nitrogens is 1. The summed E-state index contributed by atoms with van der Waals surface area (Å²) in [5.74, 6) is -0.0416. The van der Waals surface area contributed by atoms with Crippen molar-refractivity contribution >= 4 is 29.1 Å². The molecule has 7 nitrogen and oxygen atoms in total. The Labute approximate surface area is 221 Å². The maximum Gasteiger partial charge on any atom is 0.255 e. The Morgan fingerprint density at radius 2 is 1.66 bits per heavy atom. The van der Waals surface area contributed by atoms with Crippen LogP contribution in [0.2, 0.25) is 0 Å². The van der Waals surface area contributed by atoms with Crippen molar-refractivity contribution in [3.8, 4) is 11.3 Å². The van der Waals surface area contributed by atoms with Crippen molar-refractivity contribution in [3.05, 3.63) is 95.1 Å². The number of aryl methyl sites for hydroxylation is 1. The summed E-state index contributed by atoms with van der Waals surface area (Å²) in [6.45, 7) is 4.52. The van der Waals surface area contributed by atoms with Crippen LogP contribution in [0.15, 0.2) is 72.8 Å². The van der Waals surface area contributed by atoms with E-state index in [-0.39, 0.29) is 24.3 Å². The van der Waals surface area contributed by atoms with Gasteiger partial charge in [0, 0.05) is 61.2 Å².